The van der Waals surface area contributed by atoms with Crippen LogP contribution in [-0.4, -0.2) is 52.0 Å². The van der Waals surface area contributed by atoms with Gasteiger partial charge in [0.1, 0.15) is 23.4 Å². The maximum absolute atomic E-state index is 14.0. The monoisotopic (exact) mass is 540 g/mol. The van der Waals surface area contributed by atoms with Crippen LogP contribution < -0.4 is 16.4 Å². The van der Waals surface area contributed by atoms with Gasteiger partial charge in [0, 0.05) is 12.2 Å². The van der Waals surface area contributed by atoms with E-state index < -0.39 is 47.9 Å². The highest BCUT2D eigenvalue weighted by Crippen LogP contribution is 2.28. The van der Waals surface area contributed by atoms with Crippen LogP contribution in [0.15, 0.2) is 48.5 Å². The first-order valence-corrected chi connectivity index (χ1v) is 13.1. The molecule has 2 atom stereocenters. The molecule has 2 unspecified atom stereocenters. The number of phenols is 1. The predicted molar refractivity (Wildman–Crippen MR) is 149 cm³/mol. The van der Waals surface area contributed by atoms with Gasteiger partial charge in [0.25, 0.3) is 5.91 Å². The number of benzene rings is 2. The molecular formula is C29H40N4O6. The zero-order chi connectivity index (χ0) is 29.2. The zero-order valence-corrected chi connectivity index (χ0v) is 23.3. The molecule has 0 saturated carbocycles. The van der Waals surface area contributed by atoms with Crippen molar-refractivity contribution in [1.29, 1.82) is 0 Å². The largest absolute Gasteiger partial charge is 0.508 e. The van der Waals surface area contributed by atoms with E-state index in [9.17, 15) is 24.3 Å². The molecule has 39 heavy (non-hydrogen) atoms. The molecular weight excluding hydrogens is 500 g/mol. The van der Waals surface area contributed by atoms with E-state index >= 15 is 0 Å². The Labute approximate surface area is 229 Å². The number of phenolic OH excluding ortho intramolecular Hbond substituents is 1. The molecule has 2 rings (SSSR count). The number of aromatic hydroxyl groups is 1. The van der Waals surface area contributed by atoms with E-state index in [0.29, 0.717) is 17.7 Å². The van der Waals surface area contributed by atoms with Crippen molar-refractivity contribution >= 4 is 29.5 Å². The standard InChI is InChI=1S/C29H40N4O6/c1-6-7-10-16-33(27(37)23(18-24(30)35)32-28(38)39-29(3,4)5)25(20-13-11-14-21(34)17-20)26(36)31-22-15-9-8-12-19(22)2/h8-9,11-15,17,23,25,34H,6-7,10,16,18H2,1-5H3,(H2,30,35)(H,31,36)(H,32,38). The number of nitrogens with two attached hydrogens (primary N) is 1. The lowest BCUT2D eigenvalue weighted by atomic mass is 10.0. The van der Waals surface area contributed by atoms with Crippen LogP contribution in [0.1, 0.15) is 70.5 Å². The van der Waals surface area contributed by atoms with E-state index in [1.807, 2.05) is 26.0 Å². The molecule has 4 amide bonds. The van der Waals surface area contributed by atoms with Crippen molar-refractivity contribution in [3.8, 4) is 5.75 Å². The van der Waals surface area contributed by atoms with Crippen molar-refractivity contribution in [3.05, 3.63) is 59.7 Å². The fourth-order valence-electron chi connectivity index (χ4n) is 4.03. The molecule has 0 aliphatic rings. The van der Waals surface area contributed by atoms with Crippen molar-refractivity contribution in [3.63, 3.8) is 0 Å². The fourth-order valence-corrected chi connectivity index (χ4v) is 4.03. The van der Waals surface area contributed by atoms with Crippen molar-refractivity contribution in [2.45, 2.75) is 78.0 Å². The Kier molecular flexibility index (Phi) is 11.3. The topological polar surface area (TPSA) is 151 Å². The Hall–Kier alpha value is -4.08. The molecule has 0 bridgehead atoms. The van der Waals surface area contributed by atoms with Crippen LogP contribution in [0.2, 0.25) is 0 Å². The smallest absolute Gasteiger partial charge is 0.408 e. The number of aryl methyl sites for hydroxylation is 1. The minimum absolute atomic E-state index is 0.0808. The van der Waals surface area contributed by atoms with Gasteiger partial charge in [0.15, 0.2) is 0 Å². The third-order valence-electron chi connectivity index (χ3n) is 5.83. The summed E-state index contributed by atoms with van der Waals surface area (Å²) >= 11 is 0. The van der Waals surface area contributed by atoms with Crippen molar-refractivity contribution in [2.24, 2.45) is 5.73 Å². The van der Waals surface area contributed by atoms with Gasteiger partial charge in [-0.3, -0.25) is 14.4 Å². The number of alkyl carbamates (subject to hydrolysis) is 1. The summed E-state index contributed by atoms with van der Waals surface area (Å²) in [5, 5.41) is 15.5. The molecule has 0 fully saturated rings. The Morgan fingerprint density at radius 1 is 1.05 bits per heavy atom. The summed E-state index contributed by atoms with van der Waals surface area (Å²) in [7, 11) is 0. The lowest BCUT2D eigenvalue weighted by Gasteiger charge is -2.34. The molecule has 10 heteroatoms. The minimum atomic E-state index is -1.37. The van der Waals surface area contributed by atoms with Crippen LogP contribution in [0.25, 0.3) is 0 Å². The van der Waals surface area contributed by atoms with Crippen LogP contribution in [0, 0.1) is 6.92 Å². The quantitative estimate of drug-likeness (QED) is 0.297. The van der Waals surface area contributed by atoms with Gasteiger partial charge >= 0.3 is 6.09 Å². The minimum Gasteiger partial charge on any atom is -0.508 e. The van der Waals surface area contributed by atoms with E-state index in [1.165, 1.54) is 17.0 Å². The summed E-state index contributed by atoms with van der Waals surface area (Å²) in [5.74, 6) is -2.09. The van der Waals surface area contributed by atoms with Crippen LogP contribution in [0.5, 0.6) is 5.75 Å². The third kappa shape index (κ3) is 9.96. The van der Waals surface area contributed by atoms with Crippen LogP contribution in [0.3, 0.4) is 0 Å². The fraction of sp³-hybridized carbons (Fsp3) is 0.448. The summed E-state index contributed by atoms with van der Waals surface area (Å²) in [6.07, 6.45) is 0.804. The normalized spacial score (nSPS) is 12.6. The molecule has 0 saturated heterocycles. The number of nitrogens with zero attached hydrogens (tertiary/aromatic N) is 1. The van der Waals surface area contributed by atoms with Crippen molar-refractivity contribution in [2.75, 3.05) is 11.9 Å². The van der Waals surface area contributed by atoms with Gasteiger partial charge < -0.3 is 31.1 Å². The zero-order valence-electron chi connectivity index (χ0n) is 23.3. The first-order valence-electron chi connectivity index (χ1n) is 13.1. The average Bonchev–Trinajstić information content (AvgIpc) is 2.82. The number of amides is 4. The number of primary amides is 1. The highest BCUT2D eigenvalue weighted by atomic mass is 16.6. The number of ether oxygens (including phenoxy) is 1. The van der Waals surface area contributed by atoms with Crippen LogP contribution in [-0.2, 0) is 19.1 Å². The molecule has 0 aliphatic heterocycles. The summed E-state index contributed by atoms with van der Waals surface area (Å²) in [6, 6.07) is 10.7. The SMILES string of the molecule is CCCCCN(C(=O)C(CC(N)=O)NC(=O)OC(C)(C)C)C(C(=O)Nc1ccccc1C)c1cccc(O)c1. The summed E-state index contributed by atoms with van der Waals surface area (Å²) in [4.78, 5) is 53.6. The first kappa shape index (κ1) is 31.1. The highest BCUT2D eigenvalue weighted by Gasteiger charge is 2.37. The molecule has 0 spiro atoms. The highest BCUT2D eigenvalue weighted by molar-refractivity contribution is 6.00. The van der Waals surface area contributed by atoms with Gasteiger partial charge in [-0.2, -0.15) is 0 Å². The molecule has 10 nitrogen and oxygen atoms in total. The number of anilines is 1. The third-order valence-corrected chi connectivity index (χ3v) is 5.83. The Bertz CT molecular complexity index is 1160. The van der Waals surface area contributed by atoms with Crippen molar-refractivity contribution in [1.82, 2.24) is 10.2 Å². The molecule has 2 aromatic carbocycles. The number of para-hydroxylation sites is 1. The molecule has 0 radical (unpaired) electrons. The summed E-state index contributed by atoms with van der Waals surface area (Å²) < 4.78 is 5.29. The summed E-state index contributed by atoms with van der Waals surface area (Å²) in [5.41, 5.74) is 6.33. The lowest BCUT2D eigenvalue weighted by Crippen LogP contribution is -2.53. The molecule has 0 aliphatic carbocycles. The first-order chi connectivity index (χ1) is 18.3. The second-order valence-corrected chi connectivity index (χ2v) is 10.4. The predicted octanol–water partition coefficient (Wildman–Crippen LogP) is 4.17. The molecule has 212 valence electrons. The van der Waals surface area contributed by atoms with Gasteiger partial charge in [-0.15, -0.1) is 0 Å². The molecule has 0 heterocycles. The van der Waals surface area contributed by atoms with Gasteiger partial charge in [-0.25, -0.2) is 4.79 Å². The lowest BCUT2D eigenvalue weighted by molar-refractivity contribution is -0.142. The second kappa shape index (κ2) is 14.2. The Morgan fingerprint density at radius 3 is 2.33 bits per heavy atom. The Morgan fingerprint density at radius 2 is 1.74 bits per heavy atom. The number of hydrogen-bond donors (Lipinski definition) is 4. The molecule has 5 N–H and O–H groups in total. The number of nitrogens with one attached hydrogen (secondary N) is 2. The number of carbonyl (C=O) groups excluding carboxylic acids is 4. The van der Waals surface area contributed by atoms with Gasteiger partial charge in [0.05, 0.1) is 6.42 Å². The van der Waals surface area contributed by atoms with Crippen molar-refractivity contribution < 1.29 is 29.0 Å². The average molecular weight is 541 g/mol. The number of rotatable bonds is 12. The van der Waals surface area contributed by atoms with Gasteiger partial charge in [-0.1, -0.05) is 50.1 Å². The molecule has 2 aromatic rings. The molecule has 0 aromatic heterocycles. The van der Waals surface area contributed by atoms with Crippen LogP contribution in [0.4, 0.5) is 10.5 Å². The van der Waals surface area contributed by atoms with E-state index in [-0.39, 0.29) is 12.3 Å². The number of hydrogen-bond acceptors (Lipinski definition) is 6. The van der Waals surface area contributed by atoms with Gasteiger partial charge in [-0.05, 0) is 63.4 Å². The van der Waals surface area contributed by atoms with E-state index in [1.54, 1.807) is 45.0 Å². The Balaban J connectivity index is 2.55. The van der Waals surface area contributed by atoms with Gasteiger partial charge in [0.2, 0.25) is 11.8 Å². The maximum atomic E-state index is 14.0. The number of unbranched alkanes of at least 4 members (excludes halogenated alkanes) is 2. The number of carbonyl (C=O) groups is 4. The maximum Gasteiger partial charge on any atom is 0.408 e. The van der Waals surface area contributed by atoms with E-state index in [4.69, 9.17) is 10.5 Å². The van der Waals surface area contributed by atoms with Crippen LogP contribution >= 0.6 is 0 Å². The van der Waals surface area contributed by atoms with E-state index in [0.717, 1.165) is 18.4 Å². The van der Waals surface area contributed by atoms with E-state index in [2.05, 4.69) is 10.6 Å². The second-order valence-electron chi connectivity index (χ2n) is 10.4. The summed E-state index contributed by atoms with van der Waals surface area (Å²) in [6.45, 7) is 9.01.